The summed E-state index contributed by atoms with van der Waals surface area (Å²) in [4.78, 5) is 0. The summed E-state index contributed by atoms with van der Waals surface area (Å²) in [6.07, 6.45) is 7.68. The van der Waals surface area contributed by atoms with E-state index >= 15 is 0 Å². The Hall–Kier alpha value is -1.32. The molecule has 2 aromatic rings. The SMILES string of the molecule is Cn1cc(CNC2CCCC2)c2ccc(CN)cc21. The molecule has 19 heavy (non-hydrogen) atoms. The molecule has 0 aliphatic heterocycles. The standard InChI is InChI=1S/C16H23N3/c1-19-11-13(10-18-14-4-2-3-5-14)15-7-6-12(9-17)8-16(15)19/h6-8,11,14,18H,2-5,9-10,17H2,1H3. The number of nitrogens with two attached hydrogens (primary N) is 1. The van der Waals surface area contributed by atoms with Gasteiger partial charge in [-0.2, -0.15) is 0 Å². The van der Waals surface area contributed by atoms with Crippen LogP contribution in [0.4, 0.5) is 0 Å². The van der Waals surface area contributed by atoms with E-state index in [0.29, 0.717) is 6.54 Å². The molecule has 1 aliphatic carbocycles. The topological polar surface area (TPSA) is 43.0 Å². The molecule has 3 heteroatoms. The van der Waals surface area contributed by atoms with Crippen LogP contribution in [0.1, 0.15) is 36.8 Å². The lowest BCUT2D eigenvalue weighted by atomic mass is 10.1. The van der Waals surface area contributed by atoms with Crippen LogP contribution in [0.25, 0.3) is 10.9 Å². The first kappa shape index (κ1) is 12.7. The maximum absolute atomic E-state index is 5.72. The van der Waals surface area contributed by atoms with Crippen LogP contribution in [0.15, 0.2) is 24.4 Å². The second-order valence-corrected chi connectivity index (χ2v) is 5.68. The predicted octanol–water partition coefficient (Wildman–Crippen LogP) is 2.67. The molecular formula is C16H23N3. The summed E-state index contributed by atoms with van der Waals surface area (Å²) in [7, 11) is 2.11. The molecular weight excluding hydrogens is 234 g/mol. The van der Waals surface area contributed by atoms with Crippen LogP contribution in [0.2, 0.25) is 0 Å². The third kappa shape index (κ3) is 2.53. The van der Waals surface area contributed by atoms with E-state index in [-0.39, 0.29) is 0 Å². The number of nitrogens with one attached hydrogen (secondary N) is 1. The fourth-order valence-corrected chi connectivity index (χ4v) is 3.17. The van der Waals surface area contributed by atoms with Crippen molar-refractivity contribution in [3.8, 4) is 0 Å². The number of hydrogen-bond donors (Lipinski definition) is 2. The monoisotopic (exact) mass is 257 g/mol. The van der Waals surface area contributed by atoms with Crippen molar-refractivity contribution in [2.75, 3.05) is 0 Å². The molecule has 1 heterocycles. The highest BCUT2D eigenvalue weighted by Crippen LogP contribution is 2.23. The van der Waals surface area contributed by atoms with Gasteiger partial charge in [-0.25, -0.2) is 0 Å². The largest absolute Gasteiger partial charge is 0.350 e. The second kappa shape index (κ2) is 5.35. The number of fused-ring (bicyclic) bond motifs is 1. The Balaban J connectivity index is 1.82. The van der Waals surface area contributed by atoms with Gasteiger partial charge in [-0.05, 0) is 30.0 Å². The van der Waals surface area contributed by atoms with Crippen LogP contribution in [-0.2, 0) is 20.1 Å². The van der Waals surface area contributed by atoms with E-state index in [9.17, 15) is 0 Å². The average molecular weight is 257 g/mol. The van der Waals surface area contributed by atoms with Crippen LogP contribution in [0.5, 0.6) is 0 Å². The zero-order valence-electron chi connectivity index (χ0n) is 11.7. The minimum absolute atomic E-state index is 0.608. The lowest BCUT2D eigenvalue weighted by Gasteiger charge is -2.10. The maximum Gasteiger partial charge on any atom is 0.0484 e. The van der Waals surface area contributed by atoms with Crippen molar-refractivity contribution in [1.29, 1.82) is 0 Å². The van der Waals surface area contributed by atoms with Crippen molar-refractivity contribution in [3.05, 3.63) is 35.5 Å². The predicted molar refractivity (Wildman–Crippen MR) is 79.9 cm³/mol. The van der Waals surface area contributed by atoms with Crippen LogP contribution in [-0.4, -0.2) is 10.6 Å². The van der Waals surface area contributed by atoms with Gasteiger partial charge in [0.1, 0.15) is 0 Å². The highest BCUT2D eigenvalue weighted by atomic mass is 14.9. The van der Waals surface area contributed by atoms with Gasteiger partial charge in [0.25, 0.3) is 0 Å². The summed E-state index contributed by atoms with van der Waals surface area (Å²) in [6, 6.07) is 7.28. The van der Waals surface area contributed by atoms with E-state index < -0.39 is 0 Å². The highest BCUT2D eigenvalue weighted by Gasteiger charge is 2.15. The lowest BCUT2D eigenvalue weighted by Crippen LogP contribution is -2.25. The molecule has 0 spiro atoms. The summed E-state index contributed by atoms with van der Waals surface area (Å²) in [6.45, 7) is 1.58. The Morgan fingerprint density at radius 1 is 1.32 bits per heavy atom. The number of rotatable bonds is 4. The molecule has 0 unspecified atom stereocenters. The van der Waals surface area contributed by atoms with Crippen LogP contribution in [0.3, 0.4) is 0 Å². The van der Waals surface area contributed by atoms with Gasteiger partial charge in [0.15, 0.2) is 0 Å². The Bertz CT molecular complexity index is 565. The van der Waals surface area contributed by atoms with Crippen molar-refractivity contribution in [2.45, 2.75) is 44.8 Å². The average Bonchev–Trinajstić information content (AvgIpc) is 3.05. The molecule has 1 saturated carbocycles. The number of aryl methyl sites for hydroxylation is 1. The number of aromatic nitrogens is 1. The summed E-state index contributed by atoms with van der Waals surface area (Å²) >= 11 is 0. The summed E-state index contributed by atoms with van der Waals surface area (Å²) in [5.74, 6) is 0. The Labute approximate surface area is 114 Å². The summed E-state index contributed by atoms with van der Waals surface area (Å²) < 4.78 is 2.21. The smallest absolute Gasteiger partial charge is 0.0484 e. The molecule has 0 saturated heterocycles. The van der Waals surface area contributed by atoms with Crippen LogP contribution >= 0.6 is 0 Å². The highest BCUT2D eigenvalue weighted by molar-refractivity contribution is 5.84. The number of hydrogen-bond acceptors (Lipinski definition) is 2. The fraction of sp³-hybridized carbons (Fsp3) is 0.500. The van der Waals surface area contributed by atoms with Crippen molar-refractivity contribution in [2.24, 2.45) is 12.8 Å². The molecule has 3 rings (SSSR count). The van der Waals surface area contributed by atoms with Crippen molar-refractivity contribution < 1.29 is 0 Å². The van der Waals surface area contributed by atoms with E-state index in [1.54, 1.807) is 0 Å². The zero-order chi connectivity index (χ0) is 13.2. The van der Waals surface area contributed by atoms with E-state index in [1.165, 1.54) is 47.7 Å². The van der Waals surface area contributed by atoms with Gasteiger partial charge in [-0.1, -0.05) is 25.0 Å². The van der Waals surface area contributed by atoms with Crippen molar-refractivity contribution >= 4 is 10.9 Å². The van der Waals surface area contributed by atoms with E-state index in [2.05, 4.69) is 41.3 Å². The van der Waals surface area contributed by atoms with E-state index in [1.807, 2.05) is 0 Å². The summed E-state index contributed by atoms with van der Waals surface area (Å²) in [5, 5.41) is 5.05. The molecule has 1 aromatic heterocycles. The molecule has 1 fully saturated rings. The fourth-order valence-electron chi connectivity index (χ4n) is 3.17. The van der Waals surface area contributed by atoms with Gasteiger partial charge in [-0.15, -0.1) is 0 Å². The van der Waals surface area contributed by atoms with Gasteiger partial charge >= 0.3 is 0 Å². The Kier molecular flexibility index (Phi) is 3.58. The molecule has 3 nitrogen and oxygen atoms in total. The first-order valence-corrected chi connectivity index (χ1v) is 7.28. The van der Waals surface area contributed by atoms with Gasteiger partial charge in [0.05, 0.1) is 0 Å². The molecule has 0 radical (unpaired) electrons. The third-order valence-corrected chi connectivity index (χ3v) is 4.31. The lowest BCUT2D eigenvalue weighted by molar-refractivity contribution is 0.525. The van der Waals surface area contributed by atoms with Crippen molar-refractivity contribution in [1.82, 2.24) is 9.88 Å². The van der Waals surface area contributed by atoms with E-state index in [0.717, 1.165) is 12.6 Å². The molecule has 0 atom stereocenters. The number of nitrogens with zero attached hydrogens (tertiary/aromatic N) is 1. The minimum Gasteiger partial charge on any atom is -0.350 e. The maximum atomic E-state index is 5.72. The molecule has 0 bridgehead atoms. The minimum atomic E-state index is 0.608. The normalized spacial score (nSPS) is 16.5. The van der Waals surface area contributed by atoms with Crippen LogP contribution in [0, 0.1) is 0 Å². The van der Waals surface area contributed by atoms with Gasteiger partial charge < -0.3 is 15.6 Å². The molecule has 3 N–H and O–H groups in total. The second-order valence-electron chi connectivity index (χ2n) is 5.68. The molecule has 1 aromatic carbocycles. The van der Waals surface area contributed by atoms with Gasteiger partial charge in [0.2, 0.25) is 0 Å². The van der Waals surface area contributed by atoms with Gasteiger partial charge in [0, 0.05) is 43.3 Å². The molecule has 1 aliphatic rings. The molecule has 102 valence electrons. The third-order valence-electron chi connectivity index (χ3n) is 4.31. The Morgan fingerprint density at radius 3 is 2.84 bits per heavy atom. The first-order chi connectivity index (χ1) is 9.28. The van der Waals surface area contributed by atoms with Gasteiger partial charge in [-0.3, -0.25) is 0 Å². The molecule has 0 amide bonds. The quantitative estimate of drug-likeness (QED) is 0.884. The first-order valence-electron chi connectivity index (χ1n) is 7.28. The Morgan fingerprint density at radius 2 is 2.11 bits per heavy atom. The summed E-state index contributed by atoms with van der Waals surface area (Å²) in [5.41, 5.74) is 9.60. The van der Waals surface area contributed by atoms with Crippen molar-refractivity contribution in [3.63, 3.8) is 0 Å². The number of benzene rings is 1. The van der Waals surface area contributed by atoms with Crippen LogP contribution < -0.4 is 11.1 Å². The van der Waals surface area contributed by atoms with E-state index in [4.69, 9.17) is 5.73 Å². The zero-order valence-corrected chi connectivity index (χ0v) is 11.7.